The average molecular weight is 432 g/mol. The molecule has 0 spiro atoms. The molecule has 0 aliphatic rings. The number of Topliss-reactive ketones (excluding diaryl/α,β-unsaturated/α-hetero) is 1. The van der Waals surface area contributed by atoms with Gasteiger partial charge < -0.3 is 25.7 Å². The van der Waals surface area contributed by atoms with Crippen LogP contribution in [0.15, 0.2) is 48.5 Å². The quantitative estimate of drug-likeness (QED) is 0.284. The Hall–Kier alpha value is -4.09. The molecular weight excluding hydrogens is 408 g/mol. The van der Waals surface area contributed by atoms with Gasteiger partial charge in [0, 0.05) is 28.6 Å². The number of amides is 2. The predicted octanol–water partition coefficient (Wildman–Crippen LogP) is 1.56. The minimum Gasteiger partial charge on any atom is -0.492 e. The molecule has 8 nitrogen and oxygen atoms in total. The van der Waals surface area contributed by atoms with Crippen LogP contribution in [0.3, 0.4) is 0 Å². The number of hydrogen-bond acceptors (Lipinski definition) is 5. The summed E-state index contributed by atoms with van der Waals surface area (Å²) in [6, 6.07) is 13.6. The number of H-pyrrole nitrogens is 1. The van der Waals surface area contributed by atoms with Crippen LogP contribution in [0, 0.1) is 11.8 Å². The Labute approximate surface area is 185 Å². The fourth-order valence-electron chi connectivity index (χ4n) is 2.88. The van der Waals surface area contributed by atoms with Crippen LogP contribution in [0.25, 0.3) is 10.9 Å². The zero-order chi connectivity index (χ0) is 23.1. The maximum atomic E-state index is 12.4. The van der Waals surface area contributed by atoms with Gasteiger partial charge in [0.2, 0.25) is 5.78 Å². The topological polar surface area (TPSA) is 118 Å². The van der Waals surface area contributed by atoms with E-state index in [1.165, 1.54) is 12.1 Å². The van der Waals surface area contributed by atoms with E-state index in [2.05, 4.69) is 22.1 Å². The first-order valence-corrected chi connectivity index (χ1v) is 9.95. The van der Waals surface area contributed by atoms with E-state index in [1.54, 1.807) is 18.2 Å². The van der Waals surface area contributed by atoms with Crippen molar-refractivity contribution in [3.63, 3.8) is 0 Å². The van der Waals surface area contributed by atoms with E-state index in [0.29, 0.717) is 17.9 Å². The number of nitrogens with one attached hydrogen (secondary N) is 2. The molecular formula is C24H24N4O4. The summed E-state index contributed by atoms with van der Waals surface area (Å²) < 4.78 is 5.73. The molecule has 32 heavy (non-hydrogen) atoms. The number of benzene rings is 2. The maximum Gasteiger partial charge on any atom is 0.289 e. The average Bonchev–Trinajstić information content (AvgIpc) is 3.20. The van der Waals surface area contributed by atoms with Gasteiger partial charge in [-0.15, -0.1) is 0 Å². The Bertz CT molecular complexity index is 1200. The zero-order valence-electron chi connectivity index (χ0n) is 17.9. The second-order valence-corrected chi connectivity index (χ2v) is 7.34. The van der Waals surface area contributed by atoms with Crippen LogP contribution in [0.4, 0.5) is 0 Å². The number of carbonyl (C=O) groups is 3. The molecule has 3 aromatic rings. The lowest BCUT2D eigenvalue weighted by Crippen LogP contribution is -2.23. The number of fused-ring (bicyclic) bond motifs is 1. The SMILES string of the molecule is CN(C)CCOc1ccc2[nH]c(C(=O)NCC#Cc3ccc(C(=O)C(N)=O)cc3)cc2c1. The Kier molecular flexibility index (Phi) is 7.26. The number of primary amides is 1. The van der Waals surface area contributed by atoms with Gasteiger partial charge in [-0.25, -0.2) is 0 Å². The smallest absolute Gasteiger partial charge is 0.289 e. The van der Waals surface area contributed by atoms with Gasteiger partial charge in [0.25, 0.3) is 11.8 Å². The Morgan fingerprint density at radius 2 is 1.84 bits per heavy atom. The largest absolute Gasteiger partial charge is 0.492 e. The minimum atomic E-state index is -1.00. The zero-order valence-corrected chi connectivity index (χ0v) is 17.9. The standard InChI is InChI=1S/C24H24N4O4/c1-28(2)12-13-32-19-9-10-20-18(14-19)15-21(27-20)24(31)26-11-3-4-16-5-7-17(8-6-16)22(29)23(25)30/h5-10,14-15,27H,11-13H2,1-2H3,(H2,25,30)(H,26,31). The first-order valence-electron chi connectivity index (χ1n) is 9.95. The first-order chi connectivity index (χ1) is 15.3. The van der Waals surface area contributed by atoms with Crippen molar-refractivity contribution in [2.75, 3.05) is 33.8 Å². The summed E-state index contributed by atoms with van der Waals surface area (Å²) in [5, 5.41) is 3.62. The highest BCUT2D eigenvalue weighted by Crippen LogP contribution is 2.21. The van der Waals surface area contributed by atoms with Crippen molar-refractivity contribution in [1.82, 2.24) is 15.2 Å². The van der Waals surface area contributed by atoms with E-state index in [1.807, 2.05) is 37.2 Å². The van der Waals surface area contributed by atoms with Crippen LogP contribution in [0.5, 0.6) is 5.75 Å². The molecule has 164 valence electrons. The second-order valence-electron chi connectivity index (χ2n) is 7.34. The van der Waals surface area contributed by atoms with Crippen LogP contribution in [-0.4, -0.2) is 61.3 Å². The van der Waals surface area contributed by atoms with Crippen molar-refractivity contribution in [3.8, 4) is 17.6 Å². The number of rotatable bonds is 8. The lowest BCUT2D eigenvalue weighted by Gasteiger charge is -2.10. The van der Waals surface area contributed by atoms with Gasteiger partial charge in [-0.3, -0.25) is 14.4 Å². The molecule has 4 N–H and O–H groups in total. The maximum absolute atomic E-state index is 12.4. The van der Waals surface area contributed by atoms with Crippen molar-refractivity contribution in [1.29, 1.82) is 0 Å². The predicted molar refractivity (Wildman–Crippen MR) is 122 cm³/mol. The van der Waals surface area contributed by atoms with Crippen LogP contribution >= 0.6 is 0 Å². The number of carbonyl (C=O) groups excluding carboxylic acids is 3. The number of ether oxygens (including phenoxy) is 1. The molecule has 0 unspecified atom stereocenters. The summed E-state index contributed by atoms with van der Waals surface area (Å²) in [6.07, 6.45) is 0. The fourth-order valence-corrected chi connectivity index (χ4v) is 2.88. The van der Waals surface area contributed by atoms with Crippen LogP contribution in [0.2, 0.25) is 0 Å². The number of aromatic nitrogens is 1. The monoisotopic (exact) mass is 432 g/mol. The molecule has 0 saturated carbocycles. The highest BCUT2D eigenvalue weighted by atomic mass is 16.5. The molecule has 0 saturated heterocycles. The molecule has 2 amide bonds. The summed E-state index contributed by atoms with van der Waals surface area (Å²) in [4.78, 5) is 40.0. The van der Waals surface area contributed by atoms with Crippen LogP contribution in [-0.2, 0) is 4.79 Å². The normalized spacial score (nSPS) is 10.5. The van der Waals surface area contributed by atoms with Gasteiger partial charge in [0.15, 0.2) is 0 Å². The molecule has 2 aromatic carbocycles. The van der Waals surface area contributed by atoms with Crippen molar-refractivity contribution in [2.45, 2.75) is 0 Å². The molecule has 0 atom stereocenters. The molecule has 8 heteroatoms. The number of likely N-dealkylation sites (N-methyl/N-ethyl adjacent to an activating group) is 1. The first kappa shape index (κ1) is 22.6. The molecule has 1 heterocycles. The van der Waals surface area contributed by atoms with Gasteiger partial charge >= 0.3 is 0 Å². The number of aromatic amines is 1. The van der Waals surface area contributed by atoms with Crippen molar-refractivity contribution in [3.05, 3.63) is 65.4 Å². The summed E-state index contributed by atoms with van der Waals surface area (Å²) in [6.45, 7) is 1.55. The third-order valence-electron chi connectivity index (χ3n) is 4.59. The highest BCUT2D eigenvalue weighted by Gasteiger charge is 2.11. The Balaban J connectivity index is 1.56. The minimum absolute atomic E-state index is 0.148. The number of hydrogen-bond donors (Lipinski definition) is 3. The van der Waals surface area contributed by atoms with Gasteiger partial charge in [0.1, 0.15) is 18.1 Å². The molecule has 0 aliphatic carbocycles. The van der Waals surface area contributed by atoms with E-state index in [0.717, 1.165) is 23.2 Å². The molecule has 0 fully saturated rings. The van der Waals surface area contributed by atoms with E-state index in [9.17, 15) is 14.4 Å². The summed E-state index contributed by atoms with van der Waals surface area (Å²) in [5.41, 5.74) is 7.10. The third kappa shape index (κ3) is 5.97. The van der Waals surface area contributed by atoms with E-state index in [-0.39, 0.29) is 18.0 Å². The molecule has 0 aliphatic heterocycles. The van der Waals surface area contributed by atoms with E-state index < -0.39 is 11.7 Å². The van der Waals surface area contributed by atoms with Gasteiger partial charge in [-0.05, 0) is 62.6 Å². The summed E-state index contributed by atoms with van der Waals surface area (Å²) in [7, 11) is 3.97. The number of ketones is 1. The lowest BCUT2D eigenvalue weighted by molar-refractivity contribution is -0.114. The van der Waals surface area contributed by atoms with Crippen LogP contribution in [0.1, 0.15) is 26.4 Å². The van der Waals surface area contributed by atoms with Crippen molar-refractivity contribution >= 4 is 28.5 Å². The van der Waals surface area contributed by atoms with Gasteiger partial charge in [-0.2, -0.15) is 0 Å². The number of nitrogens with two attached hydrogens (primary N) is 1. The molecule has 1 aromatic heterocycles. The fraction of sp³-hybridized carbons (Fsp3) is 0.208. The Morgan fingerprint density at radius 3 is 2.53 bits per heavy atom. The van der Waals surface area contributed by atoms with Gasteiger partial charge in [0.05, 0.1) is 6.54 Å². The lowest BCUT2D eigenvalue weighted by atomic mass is 10.1. The van der Waals surface area contributed by atoms with E-state index in [4.69, 9.17) is 10.5 Å². The summed E-state index contributed by atoms with van der Waals surface area (Å²) in [5.74, 6) is 4.47. The van der Waals surface area contributed by atoms with Gasteiger partial charge in [-0.1, -0.05) is 11.8 Å². The highest BCUT2D eigenvalue weighted by molar-refractivity contribution is 6.42. The summed E-state index contributed by atoms with van der Waals surface area (Å²) >= 11 is 0. The van der Waals surface area contributed by atoms with E-state index >= 15 is 0 Å². The van der Waals surface area contributed by atoms with Crippen LogP contribution < -0.4 is 15.8 Å². The Morgan fingerprint density at radius 1 is 1.09 bits per heavy atom. The number of nitrogens with zero attached hydrogens (tertiary/aromatic N) is 1. The second kappa shape index (κ2) is 10.3. The molecule has 0 radical (unpaired) electrons. The van der Waals surface area contributed by atoms with Crippen molar-refractivity contribution < 1.29 is 19.1 Å². The molecule has 3 rings (SSSR count). The van der Waals surface area contributed by atoms with Crippen molar-refractivity contribution in [2.24, 2.45) is 5.73 Å². The third-order valence-corrected chi connectivity index (χ3v) is 4.59. The molecule has 0 bridgehead atoms.